The third-order valence-electron chi connectivity index (χ3n) is 0.814. The monoisotopic (exact) mass is 175 g/mol. The molecule has 0 aliphatic rings. The molecule has 0 spiro atoms. The summed E-state index contributed by atoms with van der Waals surface area (Å²) in [5, 5.41) is 5.59. The SMILES string of the molecule is CN(C)NC(=S)NC(C)(C)C. The number of thiocarbonyl (C=S) groups is 1. The zero-order valence-corrected chi connectivity index (χ0v) is 8.67. The molecule has 0 amide bonds. The van der Waals surface area contributed by atoms with Gasteiger partial charge in [0, 0.05) is 19.6 Å². The van der Waals surface area contributed by atoms with Crippen LogP contribution in [0.2, 0.25) is 0 Å². The highest BCUT2D eigenvalue weighted by Crippen LogP contribution is 1.97. The Morgan fingerprint density at radius 3 is 2.00 bits per heavy atom. The number of nitrogens with one attached hydrogen (secondary N) is 2. The van der Waals surface area contributed by atoms with Gasteiger partial charge in [0.2, 0.25) is 0 Å². The molecule has 0 fully saturated rings. The maximum atomic E-state index is 5.01. The molecule has 0 aromatic carbocycles. The Morgan fingerprint density at radius 1 is 1.27 bits per heavy atom. The first-order valence-electron chi connectivity index (χ1n) is 3.57. The predicted molar refractivity (Wildman–Crippen MR) is 52.3 cm³/mol. The second-order valence-electron chi connectivity index (χ2n) is 3.71. The smallest absolute Gasteiger partial charge is 0.181 e. The number of hydrogen-bond acceptors (Lipinski definition) is 2. The Balaban J connectivity index is 3.71. The number of nitrogens with zero attached hydrogens (tertiary/aromatic N) is 1. The van der Waals surface area contributed by atoms with Crippen molar-refractivity contribution >= 4 is 17.3 Å². The molecular formula is C7H17N3S. The molecule has 2 N–H and O–H groups in total. The lowest BCUT2D eigenvalue weighted by Gasteiger charge is -2.24. The molecule has 0 atom stereocenters. The van der Waals surface area contributed by atoms with Gasteiger partial charge in [-0.3, -0.25) is 5.43 Å². The van der Waals surface area contributed by atoms with Gasteiger partial charge in [-0.1, -0.05) is 0 Å². The van der Waals surface area contributed by atoms with Gasteiger partial charge in [-0.2, -0.15) is 0 Å². The van der Waals surface area contributed by atoms with Gasteiger partial charge in [-0.25, -0.2) is 5.01 Å². The van der Waals surface area contributed by atoms with E-state index in [0.717, 1.165) is 0 Å². The van der Waals surface area contributed by atoms with Crippen LogP contribution in [0.1, 0.15) is 20.8 Å². The molecule has 0 rings (SSSR count). The van der Waals surface area contributed by atoms with Gasteiger partial charge >= 0.3 is 0 Å². The maximum Gasteiger partial charge on any atom is 0.181 e. The van der Waals surface area contributed by atoms with Crippen LogP contribution in [-0.4, -0.2) is 29.8 Å². The second kappa shape index (κ2) is 3.88. The average molecular weight is 175 g/mol. The normalized spacial score (nSPS) is 11.5. The van der Waals surface area contributed by atoms with Gasteiger partial charge in [0.05, 0.1) is 0 Å². The van der Waals surface area contributed by atoms with E-state index in [0.29, 0.717) is 5.11 Å². The molecule has 0 aliphatic carbocycles. The lowest BCUT2D eigenvalue weighted by atomic mass is 10.1. The fourth-order valence-electron chi connectivity index (χ4n) is 0.572. The minimum absolute atomic E-state index is 0.0279. The molecular weight excluding hydrogens is 158 g/mol. The summed E-state index contributed by atoms with van der Waals surface area (Å²) in [6.07, 6.45) is 0. The molecule has 4 heteroatoms. The summed E-state index contributed by atoms with van der Waals surface area (Å²) in [7, 11) is 3.80. The lowest BCUT2D eigenvalue weighted by molar-refractivity contribution is 0.352. The second-order valence-corrected chi connectivity index (χ2v) is 4.12. The standard InChI is InChI=1S/C7H17N3S/c1-7(2,3)8-6(11)9-10(4)5/h1-5H3,(H2,8,9,11). The first kappa shape index (κ1) is 10.7. The highest BCUT2D eigenvalue weighted by atomic mass is 32.1. The van der Waals surface area contributed by atoms with Crippen LogP contribution in [-0.2, 0) is 0 Å². The predicted octanol–water partition coefficient (Wildman–Crippen LogP) is 0.726. The van der Waals surface area contributed by atoms with Crippen molar-refractivity contribution in [2.24, 2.45) is 0 Å². The molecule has 0 heterocycles. The summed E-state index contributed by atoms with van der Waals surface area (Å²) in [5.41, 5.74) is 2.98. The number of rotatable bonds is 1. The van der Waals surface area contributed by atoms with E-state index in [1.54, 1.807) is 5.01 Å². The van der Waals surface area contributed by atoms with Gasteiger partial charge in [0.15, 0.2) is 5.11 Å². The van der Waals surface area contributed by atoms with Crippen molar-refractivity contribution in [3.8, 4) is 0 Å². The van der Waals surface area contributed by atoms with Crippen molar-refractivity contribution in [2.45, 2.75) is 26.3 Å². The highest BCUT2D eigenvalue weighted by molar-refractivity contribution is 7.80. The van der Waals surface area contributed by atoms with Crippen LogP contribution in [0.5, 0.6) is 0 Å². The lowest BCUT2D eigenvalue weighted by Crippen LogP contribution is -2.50. The summed E-state index contributed by atoms with van der Waals surface area (Å²) in [6, 6.07) is 0. The van der Waals surface area contributed by atoms with Crippen LogP contribution in [0.15, 0.2) is 0 Å². The Morgan fingerprint density at radius 2 is 1.73 bits per heavy atom. The fraction of sp³-hybridized carbons (Fsp3) is 0.857. The maximum absolute atomic E-state index is 5.01. The molecule has 0 unspecified atom stereocenters. The molecule has 0 aromatic heterocycles. The number of hydrogen-bond donors (Lipinski definition) is 2. The van der Waals surface area contributed by atoms with Gasteiger partial charge < -0.3 is 5.32 Å². The van der Waals surface area contributed by atoms with Crippen molar-refractivity contribution in [3.63, 3.8) is 0 Å². The topological polar surface area (TPSA) is 27.3 Å². The zero-order chi connectivity index (χ0) is 9.07. The van der Waals surface area contributed by atoms with E-state index in [1.807, 2.05) is 14.1 Å². The van der Waals surface area contributed by atoms with Crippen molar-refractivity contribution < 1.29 is 0 Å². The molecule has 0 saturated carbocycles. The zero-order valence-electron chi connectivity index (χ0n) is 7.86. The summed E-state index contributed by atoms with van der Waals surface area (Å²) >= 11 is 5.01. The van der Waals surface area contributed by atoms with Crippen LogP contribution in [0.25, 0.3) is 0 Å². The molecule has 0 aromatic rings. The number of hydrazine groups is 1. The largest absolute Gasteiger partial charge is 0.357 e. The molecule has 0 aliphatic heterocycles. The van der Waals surface area contributed by atoms with Crippen molar-refractivity contribution in [1.82, 2.24) is 15.8 Å². The Kier molecular flexibility index (Phi) is 3.75. The van der Waals surface area contributed by atoms with Gasteiger partial charge in [0.1, 0.15) is 0 Å². The average Bonchev–Trinajstić information content (AvgIpc) is 1.53. The Hall–Kier alpha value is -0.350. The van der Waals surface area contributed by atoms with Crippen LogP contribution < -0.4 is 10.7 Å². The van der Waals surface area contributed by atoms with Gasteiger partial charge in [0.25, 0.3) is 0 Å². The van der Waals surface area contributed by atoms with Crippen molar-refractivity contribution in [1.29, 1.82) is 0 Å². The Labute approximate surface area is 74.1 Å². The van der Waals surface area contributed by atoms with E-state index < -0.39 is 0 Å². The first-order valence-corrected chi connectivity index (χ1v) is 3.98. The molecule has 3 nitrogen and oxygen atoms in total. The highest BCUT2D eigenvalue weighted by Gasteiger charge is 2.10. The Bertz CT molecular complexity index is 137. The van der Waals surface area contributed by atoms with E-state index in [-0.39, 0.29) is 5.54 Å². The van der Waals surface area contributed by atoms with Gasteiger partial charge in [-0.05, 0) is 33.0 Å². The summed E-state index contributed by atoms with van der Waals surface area (Å²) in [4.78, 5) is 0. The first-order chi connectivity index (χ1) is 4.81. The molecule has 0 saturated heterocycles. The van der Waals surface area contributed by atoms with Gasteiger partial charge in [-0.15, -0.1) is 0 Å². The quantitative estimate of drug-likeness (QED) is 0.454. The van der Waals surface area contributed by atoms with Crippen LogP contribution in [0, 0.1) is 0 Å². The summed E-state index contributed by atoms with van der Waals surface area (Å²) in [6.45, 7) is 6.20. The fourth-order valence-corrected chi connectivity index (χ4v) is 1.06. The summed E-state index contributed by atoms with van der Waals surface area (Å²) in [5.74, 6) is 0. The van der Waals surface area contributed by atoms with Crippen LogP contribution in [0.4, 0.5) is 0 Å². The van der Waals surface area contributed by atoms with E-state index in [4.69, 9.17) is 12.2 Å². The van der Waals surface area contributed by atoms with Crippen molar-refractivity contribution in [2.75, 3.05) is 14.1 Å². The van der Waals surface area contributed by atoms with Crippen LogP contribution >= 0.6 is 12.2 Å². The van der Waals surface area contributed by atoms with E-state index in [9.17, 15) is 0 Å². The minimum Gasteiger partial charge on any atom is -0.357 e. The third kappa shape index (κ3) is 7.55. The third-order valence-corrected chi connectivity index (χ3v) is 1.01. The van der Waals surface area contributed by atoms with E-state index in [1.165, 1.54) is 0 Å². The molecule has 0 radical (unpaired) electrons. The van der Waals surface area contributed by atoms with Crippen molar-refractivity contribution in [3.05, 3.63) is 0 Å². The summed E-state index contributed by atoms with van der Waals surface area (Å²) < 4.78 is 0. The van der Waals surface area contributed by atoms with E-state index >= 15 is 0 Å². The molecule has 66 valence electrons. The minimum atomic E-state index is 0.0279. The molecule has 11 heavy (non-hydrogen) atoms. The van der Waals surface area contributed by atoms with E-state index in [2.05, 4.69) is 31.5 Å². The van der Waals surface area contributed by atoms with Crippen LogP contribution in [0.3, 0.4) is 0 Å². The molecule has 0 bridgehead atoms.